The van der Waals surface area contributed by atoms with Crippen molar-refractivity contribution >= 4 is 33.4 Å². The van der Waals surface area contributed by atoms with Crippen molar-refractivity contribution in [1.82, 2.24) is 9.55 Å². The topological polar surface area (TPSA) is 278 Å². The number of aromatic nitrogens is 2. The van der Waals surface area contributed by atoms with Gasteiger partial charge in [-0.05, 0) is 96.0 Å². The normalized spacial score (nSPS) is 22.3. The van der Waals surface area contributed by atoms with Crippen LogP contribution in [-0.4, -0.2) is 97.9 Å². The molecule has 21 heteroatoms. The molecule has 1 aromatic rings. The van der Waals surface area contributed by atoms with E-state index in [2.05, 4.69) is 83.9 Å². The first-order chi connectivity index (χ1) is 35.1. The van der Waals surface area contributed by atoms with Gasteiger partial charge in [0.25, 0.3) is 0 Å². The minimum Gasteiger partial charge on any atom is -0.462 e. The van der Waals surface area contributed by atoms with E-state index in [0.717, 1.165) is 81.4 Å². The minimum absolute atomic E-state index is 0.0426. The number of allylic oxidation sites excluding steroid dienone is 10. The van der Waals surface area contributed by atoms with Gasteiger partial charge in [-0.25, -0.2) is 13.9 Å². The van der Waals surface area contributed by atoms with Crippen LogP contribution < -0.4 is 11.4 Å². The van der Waals surface area contributed by atoms with E-state index in [9.17, 15) is 43.5 Å². The molecule has 6 N–H and O–H groups in total. The van der Waals surface area contributed by atoms with Crippen molar-refractivity contribution in [3.05, 3.63) is 95.7 Å². The predicted molar refractivity (Wildman–Crippen MR) is 279 cm³/mol. The number of epoxide rings is 1. The molecule has 0 saturated carbocycles. The molecular formula is C52H83N3O16P2. The molecule has 0 aromatic carbocycles. The van der Waals surface area contributed by atoms with Gasteiger partial charge in [0.05, 0.1) is 25.4 Å². The van der Waals surface area contributed by atoms with Gasteiger partial charge in [0.2, 0.25) is 0 Å². The summed E-state index contributed by atoms with van der Waals surface area (Å²) in [6.07, 6.45) is 38.6. The van der Waals surface area contributed by atoms with Gasteiger partial charge in [0, 0.05) is 19.0 Å². The molecule has 0 spiro atoms. The second-order valence-electron chi connectivity index (χ2n) is 18.1. The molecule has 0 radical (unpaired) electrons. The molecule has 1 aromatic heterocycles. The number of ether oxygens (including phenoxy) is 4. The van der Waals surface area contributed by atoms with Gasteiger partial charge in [0.1, 0.15) is 30.7 Å². The number of nitrogen functional groups attached to an aromatic ring is 1. The summed E-state index contributed by atoms with van der Waals surface area (Å²) in [5.74, 6) is -1.40. The number of phosphoric ester groups is 2. The molecule has 412 valence electrons. The third-order valence-corrected chi connectivity index (χ3v) is 14.3. The Morgan fingerprint density at radius 2 is 1.19 bits per heavy atom. The third-order valence-electron chi connectivity index (χ3n) is 11.7. The molecule has 4 unspecified atom stereocenters. The van der Waals surface area contributed by atoms with Gasteiger partial charge >= 0.3 is 33.3 Å². The summed E-state index contributed by atoms with van der Waals surface area (Å²) >= 11 is 0. The Balaban J connectivity index is 1.42. The van der Waals surface area contributed by atoms with E-state index in [4.69, 9.17) is 33.7 Å². The summed E-state index contributed by atoms with van der Waals surface area (Å²) in [5, 5.41) is 20.9. The largest absolute Gasteiger partial charge is 0.481 e. The molecule has 2 saturated heterocycles. The van der Waals surface area contributed by atoms with Crippen LogP contribution in [0.15, 0.2) is 90.0 Å². The van der Waals surface area contributed by atoms with Crippen LogP contribution in [0.1, 0.15) is 161 Å². The number of carbonyl (C=O) groups excluding carboxylic acids is 2. The van der Waals surface area contributed by atoms with Crippen molar-refractivity contribution in [1.29, 1.82) is 0 Å². The van der Waals surface area contributed by atoms with Crippen LogP contribution >= 0.6 is 15.6 Å². The maximum Gasteiger partial charge on any atom is 0.481 e. The maximum absolute atomic E-state index is 12.9. The molecule has 73 heavy (non-hydrogen) atoms. The van der Waals surface area contributed by atoms with Crippen LogP contribution in [0.5, 0.6) is 0 Å². The molecule has 19 nitrogen and oxygen atoms in total. The Labute approximate surface area is 431 Å². The van der Waals surface area contributed by atoms with Gasteiger partial charge in [-0.2, -0.15) is 9.29 Å². The highest BCUT2D eigenvalue weighted by Crippen LogP contribution is 2.60. The quantitative estimate of drug-likeness (QED) is 0.0134. The van der Waals surface area contributed by atoms with Crippen molar-refractivity contribution in [3.8, 4) is 0 Å². The number of esters is 2. The number of hydrogen-bond acceptors (Lipinski definition) is 16. The molecule has 9 atom stereocenters. The van der Waals surface area contributed by atoms with Crippen LogP contribution in [0.2, 0.25) is 0 Å². The smallest absolute Gasteiger partial charge is 0.462 e. The molecule has 2 aliphatic heterocycles. The monoisotopic (exact) mass is 1070 g/mol. The number of rotatable bonds is 41. The fourth-order valence-corrected chi connectivity index (χ4v) is 9.58. The van der Waals surface area contributed by atoms with E-state index in [1.807, 2.05) is 12.2 Å². The number of nitrogens with two attached hydrogens (primary N) is 1. The SMILES string of the molecule is CCCCC/C=C\C/C=C\C/C=C\CCCCCCC(=O)OC[C@H](COP(=O)(O)OP(=O)(O)OC[C@H]1O[C@@H](n2ccc(N)nc2=O)[C@H](O)[C@@H]1O)OC(=O)CCC/C=C\CC1OC1C/C=C\C/C=C\CCCCC. The van der Waals surface area contributed by atoms with Crippen LogP contribution in [0, 0.1) is 0 Å². The second kappa shape index (κ2) is 37.0. The van der Waals surface area contributed by atoms with Gasteiger partial charge in [-0.1, -0.05) is 125 Å². The molecule has 3 heterocycles. The summed E-state index contributed by atoms with van der Waals surface area (Å²) in [4.78, 5) is 62.0. The van der Waals surface area contributed by atoms with Gasteiger partial charge in [0.15, 0.2) is 12.3 Å². The van der Waals surface area contributed by atoms with E-state index >= 15 is 0 Å². The lowest BCUT2D eigenvalue weighted by molar-refractivity contribution is -0.161. The molecule has 2 fully saturated rings. The van der Waals surface area contributed by atoms with Crippen molar-refractivity contribution in [2.75, 3.05) is 25.6 Å². The lowest BCUT2D eigenvalue weighted by Crippen LogP contribution is -2.36. The molecule has 0 bridgehead atoms. The third kappa shape index (κ3) is 29.2. The van der Waals surface area contributed by atoms with E-state index < -0.39 is 83.7 Å². The molecule has 2 aliphatic rings. The summed E-state index contributed by atoms with van der Waals surface area (Å²) in [6.45, 7) is 2.01. The first kappa shape index (κ1) is 63.5. The Kier molecular flexibility index (Phi) is 32.2. The average molecular weight is 1070 g/mol. The van der Waals surface area contributed by atoms with E-state index in [0.29, 0.717) is 19.3 Å². The van der Waals surface area contributed by atoms with E-state index in [1.165, 1.54) is 44.6 Å². The first-order valence-electron chi connectivity index (χ1n) is 26.1. The number of anilines is 1. The zero-order chi connectivity index (χ0) is 53.2. The van der Waals surface area contributed by atoms with Crippen LogP contribution in [0.25, 0.3) is 0 Å². The predicted octanol–water partition coefficient (Wildman–Crippen LogP) is 9.88. The van der Waals surface area contributed by atoms with Gasteiger partial charge in [-0.3, -0.25) is 23.2 Å². The van der Waals surface area contributed by atoms with Crippen molar-refractivity contribution < 1.29 is 71.0 Å². The molecule has 0 amide bonds. The summed E-state index contributed by atoms with van der Waals surface area (Å²) in [5.41, 5.74) is 4.58. The number of phosphoric acid groups is 2. The van der Waals surface area contributed by atoms with Crippen molar-refractivity contribution in [2.45, 2.75) is 198 Å². The highest BCUT2D eigenvalue weighted by Gasteiger charge is 2.46. The van der Waals surface area contributed by atoms with Crippen LogP contribution in [0.4, 0.5) is 5.82 Å². The highest BCUT2D eigenvalue weighted by molar-refractivity contribution is 7.61. The average Bonchev–Trinajstić information content (AvgIpc) is 4.04. The first-order valence-corrected chi connectivity index (χ1v) is 29.1. The maximum atomic E-state index is 12.9. The summed E-state index contributed by atoms with van der Waals surface area (Å²) in [6, 6.07) is 1.24. The van der Waals surface area contributed by atoms with Crippen molar-refractivity contribution in [2.24, 2.45) is 0 Å². The minimum atomic E-state index is -5.45. The Hall–Kier alpha value is -3.84. The second-order valence-corrected chi connectivity index (χ2v) is 21.1. The number of nitrogens with zero attached hydrogens (tertiary/aromatic N) is 2. The number of carbonyl (C=O) groups is 2. The number of unbranched alkanes of at least 4 members (excludes halogenated alkanes) is 11. The summed E-state index contributed by atoms with van der Waals surface area (Å²) in [7, 11) is -10.9. The Morgan fingerprint density at radius 3 is 1.81 bits per heavy atom. The van der Waals surface area contributed by atoms with Gasteiger partial charge < -0.3 is 44.7 Å². The molecular weight excluding hydrogens is 985 g/mol. The lowest BCUT2D eigenvalue weighted by atomic mass is 10.1. The van der Waals surface area contributed by atoms with Crippen molar-refractivity contribution in [3.63, 3.8) is 0 Å². The molecule has 3 rings (SSSR count). The summed E-state index contributed by atoms with van der Waals surface area (Å²) < 4.78 is 62.5. The van der Waals surface area contributed by atoms with E-state index in [1.54, 1.807) is 0 Å². The Morgan fingerprint density at radius 1 is 0.671 bits per heavy atom. The lowest BCUT2D eigenvalue weighted by Gasteiger charge is -2.21. The Bertz CT molecular complexity index is 2080. The van der Waals surface area contributed by atoms with Crippen LogP contribution in [-0.2, 0) is 51.0 Å². The van der Waals surface area contributed by atoms with Crippen LogP contribution in [0.3, 0.4) is 0 Å². The molecule has 0 aliphatic carbocycles. The zero-order valence-corrected chi connectivity index (χ0v) is 44.6. The number of aliphatic hydroxyl groups is 2. The fourth-order valence-electron chi connectivity index (χ4n) is 7.47. The van der Waals surface area contributed by atoms with E-state index in [-0.39, 0.29) is 30.9 Å². The standard InChI is InChI=1S/C52H83N3O16P2/c1-3-5-7-9-11-13-14-15-16-17-18-19-20-22-24-26-31-35-47(56)65-39-42(68-48(57)36-32-28-27-30-34-44-43(69-44)33-29-25-23-21-12-10-8-6-4-2)40-66-72(61,62)71-73(63,64)67-41-45-49(58)50(59)51(70-45)55-38-37-46(53)54-52(55)60/h11-13,15-16,18-19,21,25,27,29-30,37-38,42-45,49-51,58-59H,3-10,14,17,20,22-24,26,28,31-36,39-41H2,1-2H3,(H,61,62)(H,63,64)(H2,53,54,60)/b13-11-,16-15-,19-18-,21-12-,29-25-,30-27-/t42-,43?,44?,45-,49-,50-,51-/m1/s1. The number of hydrogen-bond donors (Lipinski definition) is 5. The van der Waals surface area contributed by atoms with Gasteiger partial charge in [-0.15, -0.1) is 0 Å². The zero-order valence-electron chi connectivity index (χ0n) is 42.9. The fraction of sp³-hybridized carbons (Fsp3) is 0.654. The highest BCUT2D eigenvalue weighted by atomic mass is 31.3. The number of aliphatic hydroxyl groups excluding tert-OH is 2.